The van der Waals surface area contributed by atoms with Gasteiger partial charge in [-0.15, -0.1) is 6.58 Å². The fourth-order valence-corrected chi connectivity index (χ4v) is 3.02. The second-order valence-electron chi connectivity index (χ2n) is 6.31. The molecule has 1 saturated heterocycles. The first-order valence-corrected chi connectivity index (χ1v) is 7.08. The summed E-state index contributed by atoms with van der Waals surface area (Å²) in [5.74, 6) is 0.657. The third kappa shape index (κ3) is 3.18. The quantitative estimate of drug-likeness (QED) is 0.748. The smallest absolute Gasteiger partial charge is 0.217 e. The zero-order valence-electron chi connectivity index (χ0n) is 12.8. The summed E-state index contributed by atoms with van der Waals surface area (Å²) in [7, 11) is 0. The van der Waals surface area contributed by atoms with Crippen LogP contribution in [0.1, 0.15) is 41.0 Å². The zero-order valence-corrected chi connectivity index (χ0v) is 12.8. The maximum Gasteiger partial charge on any atom is 0.217 e. The second kappa shape index (κ2) is 6.06. The van der Waals surface area contributed by atoms with Gasteiger partial charge in [0.1, 0.15) is 5.54 Å². The van der Waals surface area contributed by atoms with E-state index in [9.17, 15) is 4.79 Å². The highest BCUT2D eigenvalue weighted by Crippen LogP contribution is 2.37. The van der Waals surface area contributed by atoms with Crippen molar-refractivity contribution < 1.29 is 9.53 Å². The van der Waals surface area contributed by atoms with Crippen molar-refractivity contribution in [3.63, 3.8) is 0 Å². The van der Waals surface area contributed by atoms with Crippen LogP contribution in [0.25, 0.3) is 0 Å². The van der Waals surface area contributed by atoms with Gasteiger partial charge in [-0.3, -0.25) is 4.79 Å². The van der Waals surface area contributed by atoms with Crippen molar-refractivity contribution >= 4 is 5.91 Å². The molecule has 1 fully saturated rings. The van der Waals surface area contributed by atoms with Gasteiger partial charge < -0.3 is 15.8 Å². The average Bonchev–Trinajstić information content (AvgIpc) is 2.53. The molecule has 3 N–H and O–H groups in total. The van der Waals surface area contributed by atoms with E-state index in [2.05, 4.69) is 39.6 Å². The van der Waals surface area contributed by atoms with E-state index >= 15 is 0 Å². The van der Waals surface area contributed by atoms with Crippen LogP contribution in [-0.2, 0) is 9.53 Å². The predicted octanol–water partition coefficient (Wildman–Crippen LogP) is 1.84. The molecule has 1 rings (SSSR count). The first-order chi connectivity index (χ1) is 8.74. The molecule has 1 amide bonds. The van der Waals surface area contributed by atoms with Crippen molar-refractivity contribution in [1.29, 1.82) is 0 Å². The summed E-state index contributed by atoms with van der Waals surface area (Å²) in [4.78, 5) is 11.5. The van der Waals surface area contributed by atoms with Crippen molar-refractivity contribution in [3.8, 4) is 0 Å². The third-order valence-electron chi connectivity index (χ3n) is 3.78. The normalized spacial score (nSPS) is 34.8. The first kappa shape index (κ1) is 16.2. The fraction of sp³-hybridized carbons (Fsp3) is 0.800. The van der Waals surface area contributed by atoms with Gasteiger partial charge in [0.05, 0.1) is 18.2 Å². The summed E-state index contributed by atoms with van der Waals surface area (Å²) in [6, 6.07) is -0.260. The SMILES string of the molecule is C=C[C@@]1(NC(C)=O)[C@H](N)[C@@H](CC(C)C)O[C@H]1C(C)C. The number of nitrogens with one attached hydrogen (secondary N) is 1. The number of amides is 1. The number of carbonyl (C=O) groups excluding carboxylic acids is 1. The third-order valence-corrected chi connectivity index (χ3v) is 3.78. The second-order valence-corrected chi connectivity index (χ2v) is 6.31. The van der Waals surface area contributed by atoms with Crippen LogP contribution in [0.3, 0.4) is 0 Å². The molecule has 0 aliphatic carbocycles. The topological polar surface area (TPSA) is 64.4 Å². The Morgan fingerprint density at radius 3 is 2.42 bits per heavy atom. The van der Waals surface area contributed by atoms with Gasteiger partial charge in [-0.2, -0.15) is 0 Å². The lowest BCUT2D eigenvalue weighted by Gasteiger charge is -2.36. The molecule has 0 aromatic rings. The van der Waals surface area contributed by atoms with E-state index in [0.717, 1.165) is 6.42 Å². The van der Waals surface area contributed by atoms with Crippen LogP contribution < -0.4 is 11.1 Å². The van der Waals surface area contributed by atoms with Crippen LogP contribution in [0.5, 0.6) is 0 Å². The van der Waals surface area contributed by atoms with Crippen LogP contribution in [-0.4, -0.2) is 29.7 Å². The molecule has 0 aromatic heterocycles. The first-order valence-electron chi connectivity index (χ1n) is 7.08. The molecule has 4 heteroatoms. The molecule has 0 unspecified atom stereocenters. The highest BCUT2D eigenvalue weighted by atomic mass is 16.5. The van der Waals surface area contributed by atoms with E-state index in [1.165, 1.54) is 6.92 Å². The summed E-state index contributed by atoms with van der Waals surface area (Å²) in [5, 5.41) is 2.98. The lowest BCUT2D eigenvalue weighted by Crippen LogP contribution is -2.63. The van der Waals surface area contributed by atoms with E-state index in [4.69, 9.17) is 10.5 Å². The summed E-state index contributed by atoms with van der Waals surface area (Å²) in [6.45, 7) is 13.8. The molecule has 0 spiro atoms. The average molecular weight is 268 g/mol. The monoisotopic (exact) mass is 268 g/mol. The number of carbonyl (C=O) groups is 1. The Morgan fingerprint density at radius 1 is 1.47 bits per heavy atom. The summed E-state index contributed by atoms with van der Waals surface area (Å²) >= 11 is 0. The standard InChI is InChI=1S/C15H28N2O2/c1-7-15(17-11(6)18)13(16)12(8-9(2)3)19-14(15)10(4)5/h7,9-10,12-14H,1,8,16H2,2-6H3,(H,17,18)/t12-,13-,14+,15-/m1/s1. The number of nitrogens with two attached hydrogens (primary N) is 1. The van der Waals surface area contributed by atoms with E-state index in [0.29, 0.717) is 5.92 Å². The molecular weight excluding hydrogens is 240 g/mol. The van der Waals surface area contributed by atoms with E-state index in [1.807, 2.05) is 0 Å². The van der Waals surface area contributed by atoms with Gasteiger partial charge in [-0.1, -0.05) is 33.8 Å². The van der Waals surface area contributed by atoms with Gasteiger partial charge in [-0.05, 0) is 18.3 Å². The molecule has 1 aliphatic heterocycles. The van der Waals surface area contributed by atoms with Gasteiger partial charge in [0.15, 0.2) is 0 Å². The summed E-state index contributed by atoms with van der Waals surface area (Å²) in [5.41, 5.74) is 5.72. The molecule has 4 nitrogen and oxygen atoms in total. The van der Waals surface area contributed by atoms with Crippen molar-refractivity contribution in [2.75, 3.05) is 0 Å². The molecule has 0 bridgehead atoms. The molecule has 19 heavy (non-hydrogen) atoms. The lowest BCUT2D eigenvalue weighted by atomic mass is 9.79. The minimum Gasteiger partial charge on any atom is -0.370 e. The Bertz CT molecular complexity index is 341. The minimum absolute atomic E-state index is 0.0442. The number of rotatable bonds is 5. The zero-order chi connectivity index (χ0) is 14.8. The summed E-state index contributed by atoms with van der Waals surface area (Å²) < 4.78 is 6.14. The van der Waals surface area contributed by atoms with Gasteiger partial charge in [0.25, 0.3) is 0 Å². The summed E-state index contributed by atoms with van der Waals surface area (Å²) in [6.07, 6.45) is 2.47. The largest absolute Gasteiger partial charge is 0.370 e. The molecule has 4 atom stereocenters. The maximum absolute atomic E-state index is 11.5. The fourth-order valence-electron chi connectivity index (χ4n) is 3.02. The maximum atomic E-state index is 11.5. The Kier molecular flexibility index (Phi) is 5.16. The van der Waals surface area contributed by atoms with Gasteiger partial charge >= 0.3 is 0 Å². The van der Waals surface area contributed by atoms with Crippen molar-refractivity contribution in [2.45, 2.75) is 64.8 Å². The van der Waals surface area contributed by atoms with Crippen LogP contribution in [0.2, 0.25) is 0 Å². The Labute approximate surface area is 116 Å². The van der Waals surface area contributed by atoms with Gasteiger partial charge in [0, 0.05) is 6.92 Å². The predicted molar refractivity (Wildman–Crippen MR) is 77.7 cm³/mol. The molecule has 110 valence electrons. The minimum atomic E-state index is -0.667. The van der Waals surface area contributed by atoms with E-state index < -0.39 is 5.54 Å². The van der Waals surface area contributed by atoms with Crippen LogP contribution in [0, 0.1) is 11.8 Å². The van der Waals surface area contributed by atoms with Gasteiger partial charge in [-0.25, -0.2) is 0 Å². The van der Waals surface area contributed by atoms with E-state index in [1.54, 1.807) is 6.08 Å². The van der Waals surface area contributed by atoms with Crippen LogP contribution in [0.15, 0.2) is 12.7 Å². The highest BCUT2D eigenvalue weighted by Gasteiger charge is 2.54. The Morgan fingerprint density at radius 2 is 2.05 bits per heavy atom. The van der Waals surface area contributed by atoms with Crippen molar-refractivity contribution in [2.24, 2.45) is 17.6 Å². The number of ether oxygens (including phenoxy) is 1. The molecule has 0 saturated carbocycles. The molecule has 1 aliphatic rings. The Balaban J connectivity index is 3.08. The highest BCUT2D eigenvalue weighted by molar-refractivity contribution is 5.74. The van der Waals surface area contributed by atoms with Crippen LogP contribution in [0.4, 0.5) is 0 Å². The van der Waals surface area contributed by atoms with Crippen LogP contribution >= 0.6 is 0 Å². The Hall–Kier alpha value is -0.870. The number of hydrogen-bond acceptors (Lipinski definition) is 3. The molecule has 0 aromatic carbocycles. The van der Waals surface area contributed by atoms with Gasteiger partial charge in [0.2, 0.25) is 5.91 Å². The van der Waals surface area contributed by atoms with Crippen molar-refractivity contribution in [1.82, 2.24) is 5.32 Å². The van der Waals surface area contributed by atoms with Crippen molar-refractivity contribution in [3.05, 3.63) is 12.7 Å². The molecule has 0 radical (unpaired) electrons. The number of hydrogen-bond donors (Lipinski definition) is 2. The molecule has 1 heterocycles. The molecular formula is C15H28N2O2. The van der Waals surface area contributed by atoms with E-state index in [-0.39, 0.29) is 30.1 Å². The lowest BCUT2D eigenvalue weighted by molar-refractivity contribution is -0.121.